The molecule has 2 N–H and O–H groups in total. The van der Waals surface area contributed by atoms with Crippen molar-refractivity contribution in [2.24, 2.45) is 0 Å². The molecule has 4 rings (SSSR count). The number of piperidine rings is 1. The van der Waals surface area contributed by atoms with Crippen molar-refractivity contribution < 1.29 is 4.79 Å². The van der Waals surface area contributed by atoms with E-state index in [-0.39, 0.29) is 5.91 Å². The van der Waals surface area contributed by atoms with Gasteiger partial charge in [0.2, 0.25) is 5.91 Å². The first kappa shape index (κ1) is 21.4. The molecule has 1 unspecified atom stereocenters. The zero-order valence-electron chi connectivity index (χ0n) is 18.2. The number of nitrogens with one attached hydrogen (secondary N) is 2. The van der Waals surface area contributed by atoms with Gasteiger partial charge in [-0.15, -0.1) is 11.3 Å². The first-order valence-electron chi connectivity index (χ1n) is 10.6. The van der Waals surface area contributed by atoms with Crippen LogP contribution >= 0.6 is 11.3 Å². The molecule has 3 aromatic heterocycles. The van der Waals surface area contributed by atoms with E-state index in [9.17, 15) is 4.79 Å². The summed E-state index contributed by atoms with van der Waals surface area (Å²) in [6, 6.07) is 10.0. The standard InChI is InChI=1S/C23H28N6OS/c1-15-6-4-8-21(25-15)27-19-9-10-20(24-12-19)18-7-5-11-29(13-18)14-22(30)28-23-26-16(2)17(3)31-23/h4,6,8-10,12,18H,5,7,11,13-14H2,1-3H3,(H,25,27)(H,26,28,30). The third-order valence-electron chi connectivity index (χ3n) is 5.51. The third-order valence-corrected chi connectivity index (χ3v) is 6.50. The van der Waals surface area contributed by atoms with Crippen molar-refractivity contribution in [3.8, 4) is 0 Å². The molecule has 1 aliphatic heterocycles. The van der Waals surface area contributed by atoms with E-state index in [4.69, 9.17) is 0 Å². The highest BCUT2D eigenvalue weighted by Crippen LogP contribution is 2.27. The molecule has 0 aliphatic carbocycles. The molecule has 1 saturated heterocycles. The summed E-state index contributed by atoms with van der Waals surface area (Å²) in [5, 5.41) is 6.92. The van der Waals surface area contributed by atoms with Gasteiger partial charge in [0.05, 0.1) is 24.1 Å². The monoisotopic (exact) mass is 436 g/mol. The van der Waals surface area contributed by atoms with Gasteiger partial charge >= 0.3 is 0 Å². The number of pyridine rings is 2. The molecule has 0 saturated carbocycles. The van der Waals surface area contributed by atoms with Crippen molar-refractivity contribution in [1.29, 1.82) is 0 Å². The van der Waals surface area contributed by atoms with Gasteiger partial charge in [-0.25, -0.2) is 9.97 Å². The number of likely N-dealkylation sites (tertiary alicyclic amines) is 1. The number of carbonyl (C=O) groups excluding carboxylic acids is 1. The van der Waals surface area contributed by atoms with E-state index >= 15 is 0 Å². The SMILES string of the molecule is Cc1cccc(Nc2ccc(C3CCCN(CC(=O)Nc4nc(C)c(C)s4)C3)nc2)n1. The lowest BCUT2D eigenvalue weighted by Gasteiger charge is -2.31. The molecule has 8 heteroatoms. The van der Waals surface area contributed by atoms with Crippen LogP contribution in [0.15, 0.2) is 36.5 Å². The van der Waals surface area contributed by atoms with Crippen LogP contribution in [0.5, 0.6) is 0 Å². The quantitative estimate of drug-likeness (QED) is 0.595. The van der Waals surface area contributed by atoms with E-state index in [2.05, 4.69) is 36.6 Å². The fourth-order valence-electron chi connectivity index (χ4n) is 3.81. The largest absolute Gasteiger partial charge is 0.339 e. The van der Waals surface area contributed by atoms with E-state index < -0.39 is 0 Å². The summed E-state index contributed by atoms with van der Waals surface area (Å²) in [7, 11) is 0. The number of anilines is 3. The van der Waals surface area contributed by atoms with E-state index in [1.165, 1.54) is 11.3 Å². The number of hydrogen-bond acceptors (Lipinski definition) is 7. The summed E-state index contributed by atoms with van der Waals surface area (Å²) in [5.41, 5.74) is 3.93. The summed E-state index contributed by atoms with van der Waals surface area (Å²) < 4.78 is 0. The molecule has 0 radical (unpaired) electrons. The Labute approximate surface area is 187 Å². The van der Waals surface area contributed by atoms with Gasteiger partial charge in [0, 0.05) is 28.7 Å². The maximum absolute atomic E-state index is 12.5. The number of aromatic nitrogens is 3. The molecule has 1 aliphatic rings. The predicted molar refractivity (Wildman–Crippen MR) is 125 cm³/mol. The highest BCUT2D eigenvalue weighted by molar-refractivity contribution is 7.15. The summed E-state index contributed by atoms with van der Waals surface area (Å²) in [6.07, 6.45) is 4.00. The van der Waals surface area contributed by atoms with Gasteiger partial charge in [0.25, 0.3) is 0 Å². The molecule has 0 aromatic carbocycles. The van der Waals surface area contributed by atoms with E-state index in [1.54, 1.807) is 0 Å². The molecule has 162 valence electrons. The van der Waals surface area contributed by atoms with Gasteiger partial charge in [-0.05, 0) is 64.4 Å². The van der Waals surface area contributed by atoms with E-state index in [0.717, 1.165) is 59.4 Å². The maximum Gasteiger partial charge on any atom is 0.240 e. The number of rotatable bonds is 6. The van der Waals surface area contributed by atoms with Crippen molar-refractivity contribution in [3.63, 3.8) is 0 Å². The Morgan fingerprint density at radius 3 is 2.77 bits per heavy atom. The van der Waals surface area contributed by atoms with Crippen LogP contribution in [0.2, 0.25) is 0 Å². The van der Waals surface area contributed by atoms with Crippen LogP contribution < -0.4 is 10.6 Å². The van der Waals surface area contributed by atoms with Gasteiger partial charge in [0.15, 0.2) is 5.13 Å². The molecule has 7 nitrogen and oxygen atoms in total. The average molecular weight is 437 g/mol. The first-order valence-corrected chi connectivity index (χ1v) is 11.4. The number of aryl methyl sites for hydroxylation is 3. The third kappa shape index (κ3) is 5.65. The molecular formula is C23H28N6OS. The van der Waals surface area contributed by atoms with Crippen LogP contribution in [-0.2, 0) is 4.79 Å². The van der Waals surface area contributed by atoms with Crippen LogP contribution in [0, 0.1) is 20.8 Å². The lowest BCUT2D eigenvalue weighted by Crippen LogP contribution is -2.39. The topological polar surface area (TPSA) is 83.0 Å². The van der Waals surface area contributed by atoms with Crippen LogP contribution in [0.3, 0.4) is 0 Å². The minimum atomic E-state index is -0.00689. The summed E-state index contributed by atoms with van der Waals surface area (Å²) >= 11 is 1.52. The highest BCUT2D eigenvalue weighted by atomic mass is 32.1. The smallest absolute Gasteiger partial charge is 0.240 e. The second-order valence-electron chi connectivity index (χ2n) is 8.04. The Bertz CT molecular complexity index is 1030. The molecule has 31 heavy (non-hydrogen) atoms. The zero-order chi connectivity index (χ0) is 21.8. The molecule has 0 spiro atoms. The molecule has 1 amide bonds. The number of nitrogens with zero attached hydrogens (tertiary/aromatic N) is 4. The lowest BCUT2D eigenvalue weighted by atomic mass is 9.94. The number of carbonyl (C=O) groups is 1. The minimum Gasteiger partial charge on any atom is -0.339 e. The van der Waals surface area contributed by atoms with Crippen LogP contribution in [0.4, 0.5) is 16.6 Å². The zero-order valence-corrected chi connectivity index (χ0v) is 19.0. The van der Waals surface area contributed by atoms with Crippen molar-refractivity contribution in [2.45, 2.75) is 39.5 Å². The number of amides is 1. The molecular weight excluding hydrogens is 408 g/mol. The Kier molecular flexibility index (Phi) is 6.58. The average Bonchev–Trinajstić information content (AvgIpc) is 3.05. The van der Waals surface area contributed by atoms with Crippen molar-refractivity contribution in [3.05, 3.63) is 58.5 Å². The van der Waals surface area contributed by atoms with Gasteiger partial charge < -0.3 is 10.6 Å². The van der Waals surface area contributed by atoms with Crippen LogP contribution in [0.25, 0.3) is 0 Å². The molecule has 0 bridgehead atoms. The van der Waals surface area contributed by atoms with Gasteiger partial charge in [0.1, 0.15) is 5.82 Å². The molecule has 4 heterocycles. The highest BCUT2D eigenvalue weighted by Gasteiger charge is 2.24. The van der Waals surface area contributed by atoms with E-state index in [0.29, 0.717) is 17.6 Å². The predicted octanol–water partition coefficient (Wildman–Crippen LogP) is 4.42. The number of thiazole rings is 1. The Morgan fingerprint density at radius 1 is 1.19 bits per heavy atom. The van der Waals surface area contributed by atoms with Crippen LogP contribution in [0.1, 0.15) is 40.7 Å². The maximum atomic E-state index is 12.5. The fourth-order valence-corrected chi connectivity index (χ4v) is 4.64. The Morgan fingerprint density at radius 2 is 2.06 bits per heavy atom. The molecule has 1 atom stereocenters. The minimum absolute atomic E-state index is 0.00689. The first-order chi connectivity index (χ1) is 15.0. The van der Waals surface area contributed by atoms with Crippen LogP contribution in [-0.4, -0.2) is 45.4 Å². The van der Waals surface area contributed by atoms with Crippen molar-refractivity contribution >= 4 is 33.9 Å². The fraction of sp³-hybridized carbons (Fsp3) is 0.391. The van der Waals surface area contributed by atoms with E-state index in [1.807, 2.05) is 51.2 Å². The Hall–Kier alpha value is -2.84. The second kappa shape index (κ2) is 9.53. The summed E-state index contributed by atoms with van der Waals surface area (Å²) in [5.74, 6) is 1.14. The van der Waals surface area contributed by atoms with Crippen molar-refractivity contribution in [2.75, 3.05) is 30.3 Å². The second-order valence-corrected chi connectivity index (χ2v) is 9.25. The van der Waals surface area contributed by atoms with Gasteiger partial charge in [-0.1, -0.05) is 6.07 Å². The van der Waals surface area contributed by atoms with Gasteiger partial charge in [-0.3, -0.25) is 14.7 Å². The molecule has 1 fully saturated rings. The molecule has 3 aromatic rings. The Balaban J connectivity index is 1.33. The number of hydrogen-bond donors (Lipinski definition) is 2. The lowest BCUT2D eigenvalue weighted by molar-refractivity contribution is -0.117. The summed E-state index contributed by atoms with van der Waals surface area (Å²) in [6.45, 7) is 8.10. The van der Waals surface area contributed by atoms with Crippen molar-refractivity contribution in [1.82, 2.24) is 19.9 Å². The summed E-state index contributed by atoms with van der Waals surface area (Å²) in [4.78, 5) is 29.4. The normalized spacial score (nSPS) is 16.8. The van der Waals surface area contributed by atoms with Gasteiger partial charge in [-0.2, -0.15) is 0 Å².